The van der Waals surface area contributed by atoms with Gasteiger partial charge in [0, 0.05) is 5.56 Å². The predicted molar refractivity (Wildman–Crippen MR) is 42.3 cm³/mol. The standard InChI is InChI=1S/C8H7F2NO3/c9-8(10)14-6-3-1-2-5(4-6)7(12)11-13/h1-4,8,13H,(H,11,12). The van der Waals surface area contributed by atoms with Crippen LogP contribution in [0.4, 0.5) is 8.78 Å². The van der Waals surface area contributed by atoms with Crippen molar-refractivity contribution in [2.45, 2.75) is 6.61 Å². The molecule has 0 radical (unpaired) electrons. The number of hydrogen-bond donors (Lipinski definition) is 2. The van der Waals surface area contributed by atoms with Crippen LogP contribution in [0.25, 0.3) is 0 Å². The van der Waals surface area contributed by atoms with E-state index in [1.165, 1.54) is 23.7 Å². The number of hydrogen-bond acceptors (Lipinski definition) is 3. The molecule has 14 heavy (non-hydrogen) atoms. The normalized spacial score (nSPS) is 10.0. The van der Waals surface area contributed by atoms with Crippen molar-refractivity contribution < 1.29 is 23.5 Å². The van der Waals surface area contributed by atoms with Gasteiger partial charge < -0.3 is 4.74 Å². The summed E-state index contributed by atoms with van der Waals surface area (Å²) in [5.41, 5.74) is 1.41. The first kappa shape index (κ1) is 10.4. The molecular weight excluding hydrogens is 196 g/mol. The van der Waals surface area contributed by atoms with Crippen LogP contribution in [0.1, 0.15) is 10.4 Å². The first-order valence-electron chi connectivity index (χ1n) is 3.63. The van der Waals surface area contributed by atoms with Crippen LogP contribution in [0.2, 0.25) is 0 Å². The van der Waals surface area contributed by atoms with Crippen molar-refractivity contribution in [3.05, 3.63) is 29.8 Å². The quantitative estimate of drug-likeness (QED) is 0.576. The molecule has 1 aromatic carbocycles. The van der Waals surface area contributed by atoms with Crippen molar-refractivity contribution in [3.63, 3.8) is 0 Å². The summed E-state index contributed by atoms with van der Waals surface area (Å²) in [4.78, 5) is 10.8. The van der Waals surface area contributed by atoms with E-state index < -0.39 is 12.5 Å². The van der Waals surface area contributed by atoms with Crippen molar-refractivity contribution in [1.29, 1.82) is 0 Å². The van der Waals surface area contributed by atoms with Gasteiger partial charge in [-0.2, -0.15) is 8.78 Å². The Morgan fingerprint density at radius 1 is 1.50 bits per heavy atom. The summed E-state index contributed by atoms with van der Waals surface area (Å²) in [5, 5.41) is 8.27. The molecule has 1 aromatic rings. The van der Waals surface area contributed by atoms with E-state index in [0.29, 0.717) is 0 Å². The molecule has 0 aliphatic rings. The lowest BCUT2D eigenvalue weighted by molar-refractivity contribution is -0.0498. The number of hydroxylamine groups is 1. The lowest BCUT2D eigenvalue weighted by Gasteiger charge is -2.05. The third-order valence-electron chi connectivity index (χ3n) is 1.42. The van der Waals surface area contributed by atoms with E-state index in [2.05, 4.69) is 4.74 Å². The van der Waals surface area contributed by atoms with Crippen LogP contribution in [-0.4, -0.2) is 17.7 Å². The molecule has 0 aromatic heterocycles. The molecule has 0 unspecified atom stereocenters. The van der Waals surface area contributed by atoms with Crippen LogP contribution in [0.5, 0.6) is 5.75 Å². The summed E-state index contributed by atoms with van der Waals surface area (Å²) in [7, 11) is 0. The Balaban J connectivity index is 2.84. The number of carbonyl (C=O) groups excluding carboxylic acids is 1. The molecule has 0 spiro atoms. The number of ether oxygens (including phenoxy) is 1. The van der Waals surface area contributed by atoms with E-state index in [1.54, 1.807) is 0 Å². The van der Waals surface area contributed by atoms with Gasteiger partial charge in [0.25, 0.3) is 5.91 Å². The Bertz CT molecular complexity index is 330. The van der Waals surface area contributed by atoms with Crippen molar-refractivity contribution >= 4 is 5.91 Å². The first-order chi connectivity index (χ1) is 6.63. The van der Waals surface area contributed by atoms with E-state index in [9.17, 15) is 13.6 Å². The average Bonchev–Trinajstić information content (AvgIpc) is 2.16. The Morgan fingerprint density at radius 2 is 2.21 bits per heavy atom. The van der Waals surface area contributed by atoms with Gasteiger partial charge in [-0.05, 0) is 18.2 Å². The summed E-state index contributed by atoms with van der Waals surface area (Å²) >= 11 is 0. The Labute approximate surface area is 78.1 Å². The molecule has 0 fully saturated rings. The minimum atomic E-state index is -2.94. The highest BCUT2D eigenvalue weighted by molar-refractivity contribution is 5.93. The van der Waals surface area contributed by atoms with Gasteiger partial charge in [0.1, 0.15) is 5.75 Å². The topological polar surface area (TPSA) is 58.6 Å². The summed E-state index contributed by atoms with van der Waals surface area (Å²) < 4.78 is 27.6. The fraction of sp³-hybridized carbons (Fsp3) is 0.125. The van der Waals surface area contributed by atoms with Crippen LogP contribution in [0, 0.1) is 0 Å². The highest BCUT2D eigenvalue weighted by atomic mass is 19.3. The molecule has 0 aliphatic heterocycles. The molecule has 0 aliphatic carbocycles. The summed E-state index contributed by atoms with van der Waals surface area (Å²) in [6.45, 7) is -2.94. The lowest BCUT2D eigenvalue weighted by Crippen LogP contribution is -2.18. The number of alkyl halides is 2. The summed E-state index contributed by atoms with van der Waals surface area (Å²) in [6.07, 6.45) is 0. The number of amides is 1. The van der Waals surface area contributed by atoms with E-state index in [1.807, 2.05) is 0 Å². The van der Waals surface area contributed by atoms with Crippen molar-refractivity contribution in [3.8, 4) is 5.75 Å². The minimum Gasteiger partial charge on any atom is -0.435 e. The van der Waals surface area contributed by atoms with Gasteiger partial charge in [0.2, 0.25) is 0 Å². The molecule has 0 saturated carbocycles. The fourth-order valence-corrected chi connectivity index (χ4v) is 0.878. The molecule has 6 heteroatoms. The van der Waals surface area contributed by atoms with Gasteiger partial charge in [0.15, 0.2) is 0 Å². The number of rotatable bonds is 3. The summed E-state index contributed by atoms with van der Waals surface area (Å²) in [5.74, 6) is -0.925. The third kappa shape index (κ3) is 2.67. The van der Waals surface area contributed by atoms with E-state index in [4.69, 9.17) is 5.21 Å². The molecule has 2 N–H and O–H groups in total. The second kappa shape index (κ2) is 4.52. The monoisotopic (exact) mass is 203 g/mol. The van der Waals surface area contributed by atoms with Gasteiger partial charge >= 0.3 is 6.61 Å². The predicted octanol–water partition coefficient (Wildman–Crippen LogP) is 1.41. The average molecular weight is 203 g/mol. The molecule has 1 rings (SSSR count). The second-order valence-corrected chi connectivity index (χ2v) is 2.35. The fourth-order valence-electron chi connectivity index (χ4n) is 0.878. The molecule has 1 amide bonds. The largest absolute Gasteiger partial charge is 0.435 e. The lowest BCUT2D eigenvalue weighted by atomic mass is 10.2. The molecule has 0 bridgehead atoms. The molecule has 0 saturated heterocycles. The molecule has 0 atom stereocenters. The Kier molecular flexibility index (Phi) is 3.35. The smallest absolute Gasteiger partial charge is 0.387 e. The van der Waals surface area contributed by atoms with Crippen molar-refractivity contribution in [1.82, 2.24) is 5.48 Å². The van der Waals surface area contributed by atoms with Crippen LogP contribution in [0.3, 0.4) is 0 Å². The molecule has 0 heterocycles. The number of benzene rings is 1. The Hall–Kier alpha value is -1.69. The van der Waals surface area contributed by atoms with E-state index in [0.717, 1.165) is 6.07 Å². The van der Waals surface area contributed by atoms with E-state index >= 15 is 0 Å². The minimum absolute atomic E-state index is 0.0330. The molecule has 4 nitrogen and oxygen atoms in total. The third-order valence-corrected chi connectivity index (χ3v) is 1.42. The van der Waals surface area contributed by atoms with Gasteiger partial charge in [-0.25, -0.2) is 5.48 Å². The first-order valence-corrected chi connectivity index (χ1v) is 3.63. The maximum atomic E-state index is 11.8. The highest BCUT2D eigenvalue weighted by Crippen LogP contribution is 2.15. The number of nitrogens with one attached hydrogen (secondary N) is 1. The van der Waals surface area contributed by atoms with Gasteiger partial charge in [-0.3, -0.25) is 10.0 Å². The molecular formula is C8H7F2NO3. The second-order valence-electron chi connectivity index (χ2n) is 2.35. The number of carbonyl (C=O) groups is 1. The zero-order valence-electron chi connectivity index (χ0n) is 6.91. The van der Waals surface area contributed by atoms with Crippen LogP contribution in [0.15, 0.2) is 24.3 Å². The Morgan fingerprint density at radius 3 is 2.79 bits per heavy atom. The summed E-state index contributed by atoms with van der Waals surface area (Å²) in [6, 6.07) is 5.09. The maximum Gasteiger partial charge on any atom is 0.387 e. The van der Waals surface area contributed by atoms with E-state index in [-0.39, 0.29) is 11.3 Å². The highest BCUT2D eigenvalue weighted by Gasteiger charge is 2.08. The number of halogens is 2. The van der Waals surface area contributed by atoms with Crippen molar-refractivity contribution in [2.24, 2.45) is 0 Å². The zero-order valence-corrected chi connectivity index (χ0v) is 6.91. The maximum absolute atomic E-state index is 11.8. The molecule has 76 valence electrons. The van der Waals surface area contributed by atoms with Gasteiger partial charge in [-0.1, -0.05) is 6.07 Å². The van der Waals surface area contributed by atoms with Gasteiger partial charge in [-0.15, -0.1) is 0 Å². The van der Waals surface area contributed by atoms with Crippen molar-refractivity contribution in [2.75, 3.05) is 0 Å². The van der Waals surface area contributed by atoms with Gasteiger partial charge in [0.05, 0.1) is 0 Å². The SMILES string of the molecule is O=C(NO)c1cccc(OC(F)F)c1. The van der Waals surface area contributed by atoms with Crippen LogP contribution in [-0.2, 0) is 0 Å². The zero-order chi connectivity index (χ0) is 10.6. The van der Waals surface area contributed by atoms with Crippen LogP contribution < -0.4 is 10.2 Å². The van der Waals surface area contributed by atoms with Crippen LogP contribution >= 0.6 is 0 Å².